The summed E-state index contributed by atoms with van der Waals surface area (Å²) < 4.78 is 0. The van der Waals surface area contributed by atoms with E-state index in [1.165, 1.54) is 6.07 Å². The Kier molecular flexibility index (Phi) is 4.41. The van der Waals surface area contributed by atoms with Crippen LogP contribution in [0.3, 0.4) is 0 Å². The molecule has 1 fully saturated rings. The van der Waals surface area contributed by atoms with Crippen LogP contribution in [0.1, 0.15) is 16.8 Å². The van der Waals surface area contributed by atoms with E-state index in [-0.39, 0.29) is 16.3 Å². The number of aromatic carboxylic acids is 1. The highest BCUT2D eigenvalue weighted by Gasteiger charge is 2.24. The summed E-state index contributed by atoms with van der Waals surface area (Å²) in [5, 5.41) is 23.4. The van der Waals surface area contributed by atoms with Crippen molar-refractivity contribution in [1.82, 2.24) is 5.32 Å². The fraction of sp³-hybridized carbons (Fsp3) is 0.417. The Balaban J connectivity index is 2.49. The molecule has 0 atom stereocenters. The molecule has 1 aromatic rings. The molecule has 1 saturated heterocycles. The van der Waals surface area contributed by atoms with Crippen LogP contribution in [0.25, 0.3) is 0 Å². The van der Waals surface area contributed by atoms with Crippen LogP contribution in [0.5, 0.6) is 0 Å². The van der Waals surface area contributed by atoms with Crippen molar-refractivity contribution in [2.24, 2.45) is 0 Å². The van der Waals surface area contributed by atoms with Gasteiger partial charge in [-0.1, -0.05) is 11.6 Å². The third kappa shape index (κ3) is 3.00. The van der Waals surface area contributed by atoms with E-state index in [2.05, 4.69) is 5.32 Å². The lowest BCUT2D eigenvalue weighted by molar-refractivity contribution is -0.384. The molecule has 1 aliphatic rings. The quantitative estimate of drug-likeness (QED) is 0.652. The van der Waals surface area contributed by atoms with Crippen molar-refractivity contribution >= 4 is 28.9 Å². The van der Waals surface area contributed by atoms with Crippen molar-refractivity contribution in [1.29, 1.82) is 0 Å². The van der Waals surface area contributed by atoms with Gasteiger partial charge in [-0.25, -0.2) is 4.79 Å². The molecule has 0 aromatic heterocycles. The van der Waals surface area contributed by atoms with Gasteiger partial charge in [0.1, 0.15) is 0 Å². The third-order valence-corrected chi connectivity index (χ3v) is 3.43. The predicted octanol–water partition coefficient (Wildman–Crippen LogP) is 1.75. The van der Waals surface area contributed by atoms with Gasteiger partial charge in [0.25, 0.3) is 5.69 Å². The molecule has 1 heterocycles. The number of hydrogen-bond acceptors (Lipinski definition) is 5. The smallest absolute Gasteiger partial charge is 0.338 e. The van der Waals surface area contributed by atoms with Crippen molar-refractivity contribution in [2.45, 2.75) is 6.42 Å². The zero-order valence-electron chi connectivity index (χ0n) is 10.6. The maximum atomic E-state index is 11.4. The summed E-state index contributed by atoms with van der Waals surface area (Å²) in [7, 11) is 0. The number of nitro groups is 1. The summed E-state index contributed by atoms with van der Waals surface area (Å²) in [5.41, 5.74) is -0.0938. The number of carboxylic acid groups (broad SMARTS) is 1. The molecule has 0 spiro atoms. The van der Waals surface area contributed by atoms with Crippen molar-refractivity contribution in [3.63, 3.8) is 0 Å². The third-order valence-electron chi connectivity index (χ3n) is 3.15. The normalized spacial score (nSPS) is 15.8. The molecular formula is C12H14ClN3O4. The number of benzene rings is 1. The molecule has 7 nitrogen and oxygen atoms in total. The van der Waals surface area contributed by atoms with Crippen LogP contribution in [0.15, 0.2) is 12.1 Å². The molecule has 1 aliphatic heterocycles. The number of nitro benzene ring substituents is 1. The van der Waals surface area contributed by atoms with Crippen molar-refractivity contribution in [3.8, 4) is 0 Å². The fourth-order valence-corrected chi connectivity index (χ4v) is 2.58. The molecule has 8 heteroatoms. The van der Waals surface area contributed by atoms with Gasteiger partial charge in [0.15, 0.2) is 0 Å². The van der Waals surface area contributed by atoms with E-state index in [1.54, 1.807) is 0 Å². The number of carboxylic acids is 1. The topological polar surface area (TPSA) is 95.7 Å². The molecule has 2 rings (SSSR count). The second-order valence-electron chi connectivity index (χ2n) is 4.48. The van der Waals surface area contributed by atoms with Crippen LogP contribution in [-0.2, 0) is 0 Å². The maximum absolute atomic E-state index is 11.4. The van der Waals surface area contributed by atoms with Crippen LogP contribution in [0.4, 0.5) is 11.4 Å². The molecule has 0 amide bonds. The zero-order chi connectivity index (χ0) is 14.7. The Hall–Kier alpha value is -1.86. The van der Waals surface area contributed by atoms with Crippen LogP contribution < -0.4 is 10.2 Å². The van der Waals surface area contributed by atoms with Crippen molar-refractivity contribution in [2.75, 3.05) is 31.1 Å². The minimum atomic E-state index is -1.22. The highest BCUT2D eigenvalue weighted by molar-refractivity contribution is 6.34. The molecular weight excluding hydrogens is 286 g/mol. The second-order valence-corrected chi connectivity index (χ2v) is 4.88. The molecule has 1 aromatic carbocycles. The Morgan fingerprint density at radius 2 is 2.15 bits per heavy atom. The van der Waals surface area contributed by atoms with E-state index >= 15 is 0 Å². The monoisotopic (exact) mass is 299 g/mol. The van der Waals surface area contributed by atoms with Gasteiger partial charge in [0.05, 0.1) is 21.2 Å². The largest absolute Gasteiger partial charge is 0.478 e. The van der Waals surface area contributed by atoms with E-state index < -0.39 is 10.9 Å². The minimum absolute atomic E-state index is 0.0958. The number of carbonyl (C=O) groups is 1. The first kappa shape index (κ1) is 14.5. The first-order chi connectivity index (χ1) is 9.50. The van der Waals surface area contributed by atoms with Gasteiger partial charge in [-0.05, 0) is 13.0 Å². The summed E-state index contributed by atoms with van der Waals surface area (Å²) in [6.45, 7) is 2.83. The lowest BCUT2D eigenvalue weighted by Crippen LogP contribution is -2.29. The van der Waals surface area contributed by atoms with Gasteiger partial charge in [-0.15, -0.1) is 0 Å². The van der Waals surface area contributed by atoms with Gasteiger partial charge in [-0.3, -0.25) is 10.1 Å². The zero-order valence-corrected chi connectivity index (χ0v) is 11.4. The highest BCUT2D eigenvalue weighted by Crippen LogP contribution is 2.34. The number of hydrogen-bond donors (Lipinski definition) is 2. The van der Waals surface area contributed by atoms with Crippen molar-refractivity contribution in [3.05, 3.63) is 32.8 Å². The number of nitrogens with zero attached hydrogens (tertiary/aromatic N) is 2. The summed E-state index contributed by atoms with van der Waals surface area (Å²) in [4.78, 5) is 23.4. The Labute approximate surface area is 120 Å². The first-order valence-electron chi connectivity index (χ1n) is 6.17. The van der Waals surface area contributed by atoms with E-state index in [0.29, 0.717) is 25.3 Å². The molecule has 0 aliphatic carbocycles. The van der Waals surface area contributed by atoms with E-state index in [1.807, 2.05) is 4.90 Å². The molecule has 0 saturated carbocycles. The Morgan fingerprint density at radius 3 is 2.80 bits per heavy atom. The van der Waals surface area contributed by atoms with Crippen LogP contribution in [0.2, 0.25) is 5.02 Å². The van der Waals surface area contributed by atoms with E-state index in [0.717, 1.165) is 19.0 Å². The van der Waals surface area contributed by atoms with Gasteiger partial charge < -0.3 is 15.3 Å². The minimum Gasteiger partial charge on any atom is -0.478 e. The Bertz CT molecular complexity index is 542. The summed E-state index contributed by atoms with van der Waals surface area (Å²) in [6, 6.07) is 2.25. The molecule has 0 bridgehead atoms. The average molecular weight is 300 g/mol. The number of rotatable bonds is 3. The number of nitrogens with one attached hydrogen (secondary N) is 1. The highest BCUT2D eigenvalue weighted by atomic mass is 35.5. The second kappa shape index (κ2) is 6.06. The molecule has 108 valence electrons. The number of anilines is 1. The van der Waals surface area contributed by atoms with Gasteiger partial charge >= 0.3 is 5.97 Å². The van der Waals surface area contributed by atoms with E-state index in [9.17, 15) is 20.0 Å². The number of non-ortho nitro benzene ring substituents is 1. The Morgan fingerprint density at radius 1 is 1.40 bits per heavy atom. The summed E-state index contributed by atoms with van der Waals surface area (Å²) in [5.74, 6) is -1.22. The summed E-state index contributed by atoms with van der Waals surface area (Å²) in [6.07, 6.45) is 0.854. The molecule has 0 unspecified atom stereocenters. The van der Waals surface area contributed by atoms with Gasteiger partial charge in [0.2, 0.25) is 0 Å². The van der Waals surface area contributed by atoms with Gasteiger partial charge in [0, 0.05) is 31.8 Å². The SMILES string of the molecule is O=C(O)c1cc([N+](=O)[O-])cc(Cl)c1N1CCCNCC1. The van der Waals surface area contributed by atoms with E-state index in [4.69, 9.17) is 11.6 Å². The van der Waals surface area contributed by atoms with Gasteiger partial charge in [-0.2, -0.15) is 0 Å². The average Bonchev–Trinajstić information content (AvgIpc) is 2.66. The fourth-order valence-electron chi connectivity index (χ4n) is 2.24. The maximum Gasteiger partial charge on any atom is 0.338 e. The molecule has 2 N–H and O–H groups in total. The van der Waals surface area contributed by atoms with Crippen molar-refractivity contribution < 1.29 is 14.8 Å². The summed E-state index contributed by atoms with van der Waals surface area (Å²) >= 11 is 6.08. The van der Waals surface area contributed by atoms with Crippen LogP contribution in [0, 0.1) is 10.1 Å². The standard InChI is InChI=1S/C12H14ClN3O4/c13-10-7-8(16(19)20)6-9(12(17)18)11(10)15-4-1-2-14-3-5-15/h6-7,14H,1-5H2,(H,17,18). The predicted molar refractivity (Wildman–Crippen MR) is 74.8 cm³/mol. The number of halogens is 1. The molecule has 20 heavy (non-hydrogen) atoms. The van der Waals surface area contributed by atoms with Crippen LogP contribution in [-0.4, -0.2) is 42.2 Å². The van der Waals surface area contributed by atoms with Crippen LogP contribution >= 0.6 is 11.6 Å². The lowest BCUT2D eigenvalue weighted by atomic mass is 10.1. The lowest BCUT2D eigenvalue weighted by Gasteiger charge is -2.25. The first-order valence-corrected chi connectivity index (χ1v) is 6.55. The molecule has 0 radical (unpaired) electrons.